The number of unbranched alkanes of at least 4 members (excludes halogenated alkanes) is 1. The molecule has 0 N–H and O–H groups in total. The van der Waals surface area contributed by atoms with Gasteiger partial charge in [0.05, 0.1) is 42.0 Å². The number of furan rings is 1. The molecule has 7 nitrogen and oxygen atoms in total. The minimum Gasteiger partial charge on any atom is -0.494 e. The second-order valence-electron chi connectivity index (χ2n) is 9.52. The van der Waals surface area contributed by atoms with E-state index in [0.29, 0.717) is 41.3 Å². The lowest BCUT2D eigenvalue weighted by molar-refractivity contribution is -0.139. The van der Waals surface area contributed by atoms with Gasteiger partial charge in [0, 0.05) is 5.92 Å². The van der Waals surface area contributed by atoms with E-state index in [2.05, 4.69) is 13.8 Å². The minimum atomic E-state index is -0.493. The highest BCUT2D eigenvalue weighted by Crippen LogP contribution is 2.29. The molecule has 4 rings (SSSR count). The van der Waals surface area contributed by atoms with E-state index in [1.807, 2.05) is 73.3 Å². The lowest BCUT2D eigenvalue weighted by Gasteiger charge is -2.32. The maximum absolute atomic E-state index is 14.0. The zero-order chi connectivity index (χ0) is 27.1. The molecule has 7 heteroatoms. The first-order chi connectivity index (χ1) is 18.5. The van der Waals surface area contributed by atoms with Crippen molar-refractivity contribution in [2.45, 2.75) is 66.0 Å². The number of hydrogen-bond acceptors (Lipinski definition) is 5. The summed E-state index contributed by atoms with van der Waals surface area (Å²) in [5.41, 5.74) is 1.09. The van der Waals surface area contributed by atoms with Crippen LogP contribution in [-0.4, -0.2) is 27.0 Å². The number of aromatic nitrogens is 2. The molecule has 0 saturated heterocycles. The predicted octanol–water partition coefficient (Wildman–Crippen LogP) is 6.68. The number of carbonyl (C=O) groups is 1. The molecule has 0 aliphatic carbocycles. The van der Waals surface area contributed by atoms with Crippen molar-refractivity contribution in [3.63, 3.8) is 0 Å². The van der Waals surface area contributed by atoms with E-state index in [1.54, 1.807) is 16.9 Å². The number of hydrogen-bond donors (Lipinski definition) is 0. The first kappa shape index (κ1) is 27.2. The molecule has 0 fully saturated rings. The zero-order valence-electron chi connectivity index (χ0n) is 22.7. The van der Waals surface area contributed by atoms with Gasteiger partial charge in [-0.2, -0.15) is 0 Å². The monoisotopic (exact) mass is 515 g/mol. The summed E-state index contributed by atoms with van der Waals surface area (Å²) in [6.07, 6.45) is 5.20. The molecule has 0 radical (unpaired) electrons. The fraction of sp³-hybridized carbons (Fsp3) is 0.387. The van der Waals surface area contributed by atoms with Crippen LogP contribution >= 0.6 is 0 Å². The predicted molar refractivity (Wildman–Crippen MR) is 149 cm³/mol. The van der Waals surface area contributed by atoms with Gasteiger partial charge in [-0.1, -0.05) is 38.8 Å². The van der Waals surface area contributed by atoms with Crippen molar-refractivity contribution in [1.82, 2.24) is 14.5 Å². The standard InChI is InChI=1S/C31H37N3O4/c1-5-8-12-23(6-2)30(35)33(21-26-13-11-20-38-26)22(4)29-32-28-15-10-9-14-27(28)31(36)34(29)24-16-18-25(19-17-24)37-7-3/h9-11,13-20,22-23H,5-8,12,21H2,1-4H3. The Morgan fingerprint density at radius 1 is 1.05 bits per heavy atom. The molecule has 0 saturated carbocycles. The number of nitrogens with zero attached hydrogens (tertiary/aromatic N) is 3. The van der Waals surface area contributed by atoms with Gasteiger partial charge in [0.1, 0.15) is 17.3 Å². The summed E-state index contributed by atoms with van der Waals surface area (Å²) in [6.45, 7) is 8.91. The molecular formula is C31H37N3O4. The molecular weight excluding hydrogens is 478 g/mol. The summed E-state index contributed by atoms with van der Waals surface area (Å²) in [7, 11) is 0. The molecule has 0 aliphatic heterocycles. The van der Waals surface area contributed by atoms with E-state index in [1.165, 1.54) is 0 Å². The third-order valence-electron chi connectivity index (χ3n) is 6.99. The van der Waals surface area contributed by atoms with Crippen LogP contribution in [0.1, 0.15) is 71.0 Å². The molecule has 0 spiro atoms. The van der Waals surface area contributed by atoms with Crippen LogP contribution in [0.2, 0.25) is 0 Å². The lowest BCUT2D eigenvalue weighted by atomic mass is 9.96. The Kier molecular flexibility index (Phi) is 9.00. The summed E-state index contributed by atoms with van der Waals surface area (Å²) < 4.78 is 12.9. The molecule has 2 heterocycles. The number of para-hydroxylation sites is 1. The Balaban J connectivity index is 1.86. The van der Waals surface area contributed by atoms with Crippen LogP contribution in [0.3, 0.4) is 0 Å². The van der Waals surface area contributed by atoms with E-state index in [4.69, 9.17) is 14.1 Å². The largest absolute Gasteiger partial charge is 0.494 e. The second-order valence-corrected chi connectivity index (χ2v) is 9.52. The molecule has 4 aromatic rings. The molecule has 2 unspecified atom stereocenters. The van der Waals surface area contributed by atoms with E-state index < -0.39 is 6.04 Å². The van der Waals surface area contributed by atoms with Crippen LogP contribution in [0, 0.1) is 5.92 Å². The second kappa shape index (κ2) is 12.6. The van der Waals surface area contributed by atoms with Crippen LogP contribution in [0.15, 0.2) is 76.1 Å². The Morgan fingerprint density at radius 2 is 1.82 bits per heavy atom. The fourth-order valence-corrected chi connectivity index (χ4v) is 4.84. The first-order valence-electron chi connectivity index (χ1n) is 13.6. The maximum Gasteiger partial charge on any atom is 0.266 e. The molecule has 200 valence electrons. The Hall–Kier alpha value is -3.87. The van der Waals surface area contributed by atoms with Crippen LogP contribution in [0.4, 0.5) is 0 Å². The molecule has 2 aromatic heterocycles. The zero-order valence-corrected chi connectivity index (χ0v) is 22.7. The molecule has 0 aliphatic rings. The summed E-state index contributed by atoms with van der Waals surface area (Å²) in [4.78, 5) is 34.6. The normalized spacial score (nSPS) is 12.8. The van der Waals surface area contributed by atoms with Gasteiger partial charge in [-0.15, -0.1) is 0 Å². The van der Waals surface area contributed by atoms with Crippen molar-refractivity contribution in [3.8, 4) is 11.4 Å². The van der Waals surface area contributed by atoms with E-state index in [-0.39, 0.29) is 17.4 Å². The van der Waals surface area contributed by atoms with Crippen LogP contribution in [0.25, 0.3) is 16.6 Å². The van der Waals surface area contributed by atoms with E-state index in [0.717, 1.165) is 31.4 Å². The van der Waals surface area contributed by atoms with Crippen molar-refractivity contribution in [2.75, 3.05) is 6.61 Å². The Labute approximate surface area is 224 Å². The Morgan fingerprint density at radius 3 is 2.47 bits per heavy atom. The number of rotatable bonds is 12. The SMILES string of the molecule is CCCCC(CC)C(=O)N(Cc1ccco1)C(C)c1nc2ccccc2c(=O)n1-c1ccc(OCC)cc1. The highest BCUT2D eigenvalue weighted by molar-refractivity contribution is 5.80. The summed E-state index contributed by atoms with van der Waals surface area (Å²) >= 11 is 0. The van der Waals surface area contributed by atoms with Gasteiger partial charge < -0.3 is 14.1 Å². The topological polar surface area (TPSA) is 77.6 Å². The average molecular weight is 516 g/mol. The van der Waals surface area contributed by atoms with Gasteiger partial charge in [-0.25, -0.2) is 4.98 Å². The summed E-state index contributed by atoms with van der Waals surface area (Å²) in [6, 6.07) is 17.9. The highest BCUT2D eigenvalue weighted by atomic mass is 16.5. The quantitative estimate of drug-likeness (QED) is 0.210. The minimum absolute atomic E-state index is 0.0468. The van der Waals surface area contributed by atoms with Gasteiger partial charge in [0.2, 0.25) is 5.91 Å². The van der Waals surface area contributed by atoms with Gasteiger partial charge in [0.15, 0.2) is 0 Å². The smallest absolute Gasteiger partial charge is 0.266 e. The molecule has 0 bridgehead atoms. The molecule has 1 amide bonds. The van der Waals surface area contributed by atoms with Gasteiger partial charge >= 0.3 is 0 Å². The molecule has 2 aromatic carbocycles. The van der Waals surface area contributed by atoms with Crippen LogP contribution in [0.5, 0.6) is 5.75 Å². The highest BCUT2D eigenvalue weighted by Gasteiger charge is 2.31. The lowest BCUT2D eigenvalue weighted by Crippen LogP contribution is -2.40. The Bertz CT molecular complexity index is 1390. The number of carbonyl (C=O) groups excluding carboxylic acids is 1. The maximum atomic E-state index is 14.0. The van der Waals surface area contributed by atoms with Gasteiger partial charge in [-0.3, -0.25) is 14.2 Å². The van der Waals surface area contributed by atoms with Gasteiger partial charge in [-0.05, 0) is 75.2 Å². The molecule has 38 heavy (non-hydrogen) atoms. The number of ether oxygens (including phenoxy) is 1. The first-order valence-corrected chi connectivity index (χ1v) is 13.6. The number of benzene rings is 2. The summed E-state index contributed by atoms with van der Waals surface area (Å²) in [5, 5.41) is 0.524. The average Bonchev–Trinajstić information content (AvgIpc) is 3.46. The van der Waals surface area contributed by atoms with Gasteiger partial charge in [0.25, 0.3) is 5.56 Å². The van der Waals surface area contributed by atoms with Crippen molar-refractivity contribution in [2.24, 2.45) is 5.92 Å². The van der Waals surface area contributed by atoms with Crippen LogP contribution < -0.4 is 10.3 Å². The third kappa shape index (κ3) is 5.82. The van der Waals surface area contributed by atoms with Crippen molar-refractivity contribution in [3.05, 3.63) is 88.9 Å². The van der Waals surface area contributed by atoms with E-state index in [9.17, 15) is 9.59 Å². The van der Waals surface area contributed by atoms with Crippen molar-refractivity contribution >= 4 is 16.8 Å². The molecule has 2 atom stereocenters. The number of fused-ring (bicyclic) bond motifs is 1. The third-order valence-corrected chi connectivity index (χ3v) is 6.99. The van der Waals surface area contributed by atoms with Crippen LogP contribution in [-0.2, 0) is 11.3 Å². The summed E-state index contributed by atoms with van der Waals surface area (Å²) in [5.74, 6) is 1.85. The fourth-order valence-electron chi connectivity index (χ4n) is 4.84. The van der Waals surface area contributed by atoms with Crippen molar-refractivity contribution in [1.29, 1.82) is 0 Å². The number of amides is 1. The van der Waals surface area contributed by atoms with E-state index >= 15 is 0 Å². The van der Waals surface area contributed by atoms with Crippen molar-refractivity contribution < 1.29 is 13.9 Å².